The quantitative estimate of drug-likeness (QED) is 0.698. The lowest BCUT2D eigenvalue weighted by Crippen LogP contribution is -2.29. The van der Waals surface area contributed by atoms with E-state index in [1.807, 2.05) is 0 Å². The Kier molecular flexibility index (Phi) is 4.90. The summed E-state index contributed by atoms with van der Waals surface area (Å²) in [7, 11) is 0. The summed E-state index contributed by atoms with van der Waals surface area (Å²) in [5.41, 5.74) is 0.572. The molecule has 0 saturated heterocycles. The van der Waals surface area contributed by atoms with Gasteiger partial charge in [-0.05, 0) is 42.0 Å². The molecular weight excluding hydrogens is 388 g/mol. The highest BCUT2D eigenvalue weighted by atomic mass is 79.9. The van der Waals surface area contributed by atoms with E-state index in [0.29, 0.717) is 5.69 Å². The summed E-state index contributed by atoms with van der Waals surface area (Å²) in [5, 5.41) is 16.6. The normalized spacial score (nSPS) is 10.4. The number of halogens is 1. The molecule has 0 aliphatic rings. The molecule has 2 aromatic heterocycles. The first-order valence-electron chi connectivity index (χ1n) is 7.31. The van der Waals surface area contributed by atoms with Gasteiger partial charge in [-0.3, -0.25) is 14.6 Å². The minimum atomic E-state index is -0.583. The fourth-order valence-electron chi connectivity index (χ4n) is 2.14. The lowest BCUT2D eigenvalue weighted by atomic mass is 10.2. The highest BCUT2D eigenvalue weighted by Crippen LogP contribution is 2.15. The average molecular weight is 401 g/mol. The van der Waals surface area contributed by atoms with Gasteiger partial charge in [0.2, 0.25) is 0 Å². The molecule has 25 heavy (non-hydrogen) atoms. The Hall–Kier alpha value is -3.00. The van der Waals surface area contributed by atoms with Crippen LogP contribution in [-0.4, -0.2) is 25.8 Å². The van der Waals surface area contributed by atoms with Gasteiger partial charge in [0.15, 0.2) is 11.4 Å². The molecule has 0 fully saturated rings. The van der Waals surface area contributed by atoms with Crippen LogP contribution in [0, 0.1) is 0 Å². The second-order valence-electron chi connectivity index (χ2n) is 5.14. The van der Waals surface area contributed by atoms with Gasteiger partial charge >= 0.3 is 0 Å². The van der Waals surface area contributed by atoms with E-state index in [1.165, 1.54) is 0 Å². The van der Waals surface area contributed by atoms with E-state index in [-0.39, 0.29) is 12.2 Å². The predicted molar refractivity (Wildman–Crippen MR) is 94.6 cm³/mol. The number of hydrogen-bond donors (Lipinski definition) is 2. The fourth-order valence-corrected chi connectivity index (χ4v) is 2.41. The van der Waals surface area contributed by atoms with Gasteiger partial charge < -0.3 is 10.4 Å². The molecule has 3 aromatic rings. The number of benzene rings is 1. The Morgan fingerprint density at radius 1 is 1.16 bits per heavy atom. The van der Waals surface area contributed by atoms with Crippen molar-refractivity contribution in [3.05, 3.63) is 80.9 Å². The molecule has 0 radical (unpaired) electrons. The van der Waals surface area contributed by atoms with Crippen molar-refractivity contribution in [1.29, 1.82) is 0 Å². The van der Waals surface area contributed by atoms with Crippen LogP contribution in [0.3, 0.4) is 0 Å². The topological polar surface area (TPSA) is 97.1 Å². The van der Waals surface area contributed by atoms with Crippen LogP contribution >= 0.6 is 15.9 Å². The van der Waals surface area contributed by atoms with Crippen molar-refractivity contribution >= 4 is 21.8 Å². The number of aromatic nitrogens is 3. The first-order valence-corrected chi connectivity index (χ1v) is 8.10. The Morgan fingerprint density at radius 2 is 1.84 bits per heavy atom. The van der Waals surface area contributed by atoms with E-state index in [9.17, 15) is 14.7 Å². The summed E-state index contributed by atoms with van der Waals surface area (Å²) in [5.74, 6) is -1.05. The van der Waals surface area contributed by atoms with Crippen LogP contribution < -0.4 is 10.9 Å². The van der Waals surface area contributed by atoms with Gasteiger partial charge in [0.1, 0.15) is 0 Å². The minimum absolute atomic E-state index is 0.225. The highest BCUT2D eigenvalue weighted by molar-refractivity contribution is 9.10. The number of rotatable bonds is 4. The van der Waals surface area contributed by atoms with Gasteiger partial charge in [0.05, 0.1) is 5.69 Å². The molecule has 0 saturated carbocycles. The summed E-state index contributed by atoms with van der Waals surface area (Å²) in [6.45, 7) is 0.250. The van der Waals surface area contributed by atoms with E-state index in [1.54, 1.807) is 48.8 Å². The van der Waals surface area contributed by atoms with Crippen LogP contribution in [0.2, 0.25) is 0 Å². The second kappa shape index (κ2) is 7.27. The highest BCUT2D eigenvalue weighted by Gasteiger charge is 2.16. The van der Waals surface area contributed by atoms with E-state index >= 15 is 0 Å². The first kappa shape index (κ1) is 16.8. The minimum Gasteiger partial charge on any atom is -0.505 e. The lowest BCUT2D eigenvalue weighted by molar-refractivity contribution is 0.0941. The first-order chi connectivity index (χ1) is 12.0. The van der Waals surface area contributed by atoms with Gasteiger partial charge in [0.25, 0.3) is 11.5 Å². The van der Waals surface area contributed by atoms with Crippen molar-refractivity contribution in [3.63, 3.8) is 0 Å². The van der Waals surface area contributed by atoms with Crippen LogP contribution in [0.25, 0.3) is 5.69 Å². The van der Waals surface area contributed by atoms with Crippen LogP contribution in [0.4, 0.5) is 0 Å². The van der Waals surface area contributed by atoms with E-state index in [4.69, 9.17) is 0 Å². The van der Waals surface area contributed by atoms with Crippen molar-refractivity contribution in [2.24, 2.45) is 0 Å². The lowest BCUT2D eigenvalue weighted by Gasteiger charge is -2.09. The molecule has 0 atom stereocenters. The molecule has 0 aliphatic carbocycles. The summed E-state index contributed by atoms with van der Waals surface area (Å²) in [4.78, 5) is 28.3. The molecule has 3 rings (SSSR count). The van der Waals surface area contributed by atoms with Crippen molar-refractivity contribution in [2.75, 3.05) is 0 Å². The SMILES string of the molecule is O=C(NCc1ccncc1)c1nn(-c2ccc(Br)cc2)c(=O)cc1O. The van der Waals surface area contributed by atoms with E-state index < -0.39 is 17.2 Å². The van der Waals surface area contributed by atoms with Gasteiger partial charge in [0, 0.05) is 29.5 Å². The van der Waals surface area contributed by atoms with Gasteiger partial charge in [-0.25, -0.2) is 0 Å². The zero-order valence-electron chi connectivity index (χ0n) is 12.9. The third kappa shape index (κ3) is 3.92. The number of carbonyl (C=O) groups excluding carboxylic acids is 1. The molecule has 7 nitrogen and oxygen atoms in total. The maximum atomic E-state index is 12.3. The molecule has 2 N–H and O–H groups in total. The molecule has 0 aliphatic heterocycles. The van der Waals surface area contributed by atoms with Gasteiger partial charge in [-0.1, -0.05) is 15.9 Å². The summed E-state index contributed by atoms with van der Waals surface area (Å²) < 4.78 is 1.91. The van der Waals surface area contributed by atoms with Gasteiger partial charge in [-0.2, -0.15) is 9.78 Å². The largest absolute Gasteiger partial charge is 0.505 e. The zero-order valence-corrected chi connectivity index (χ0v) is 14.5. The smallest absolute Gasteiger partial charge is 0.275 e. The number of carbonyl (C=O) groups is 1. The standard InChI is InChI=1S/C17H13BrN4O3/c18-12-1-3-13(4-2-12)22-15(24)9-14(23)16(21-22)17(25)20-10-11-5-7-19-8-6-11/h1-9,23H,10H2,(H,20,25). The summed E-state index contributed by atoms with van der Waals surface area (Å²) in [6.07, 6.45) is 3.23. The number of amides is 1. The van der Waals surface area contributed by atoms with Crippen LogP contribution in [0.15, 0.2) is 64.1 Å². The van der Waals surface area contributed by atoms with E-state index in [2.05, 4.69) is 31.3 Å². The van der Waals surface area contributed by atoms with Crippen molar-refractivity contribution in [3.8, 4) is 11.4 Å². The second-order valence-corrected chi connectivity index (χ2v) is 6.06. The average Bonchev–Trinajstić information content (AvgIpc) is 2.62. The molecule has 0 unspecified atom stereocenters. The van der Waals surface area contributed by atoms with Crippen LogP contribution in [0.5, 0.6) is 5.75 Å². The Morgan fingerprint density at radius 3 is 2.52 bits per heavy atom. The molecular formula is C17H13BrN4O3. The number of nitrogens with zero attached hydrogens (tertiary/aromatic N) is 3. The monoisotopic (exact) mass is 400 g/mol. The summed E-state index contributed by atoms with van der Waals surface area (Å²) >= 11 is 3.31. The molecule has 2 heterocycles. The Balaban J connectivity index is 1.88. The van der Waals surface area contributed by atoms with E-state index in [0.717, 1.165) is 20.8 Å². The van der Waals surface area contributed by atoms with Crippen molar-refractivity contribution < 1.29 is 9.90 Å². The van der Waals surface area contributed by atoms with Crippen molar-refractivity contribution in [2.45, 2.75) is 6.54 Å². The molecule has 0 bridgehead atoms. The van der Waals surface area contributed by atoms with Crippen LogP contribution in [-0.2, 0) is 6.54 Å². The van der Waals surface area contributed by atoms with Gasteiger partial charge in [-0.15, -0.1) is 0 Å². The predicted octanol–water partition coefficient (Wildman–Crippen LogP) is 2.03. The van der Waals surface area contributed by atoms with Crippen LogP contribution in [0.1, 0.15) is 16.1 Å². The molecule has 8 heteroatoms. The Bertz CT molecular complexity index is 956. The molecule has 0 spiro atoms. The molecule has 1 amide bonds. The maximum Gasteiger partial charge on any atom is 0.275 e. The molecule has 1 aromatic carbocycles. The van der Waals surface area contributed by atoms with Crippen molar-refractivity contribution in [1.82, 2.24) is 20.1 Å². The number of pyridine rings is 1. The third-order valence-corrected chi connectivity index (χ3v) is 3.93. The third-order valence-electron chi connectivity index (χ3n) is 3.40. The summed E-state index contributed by atoms with van der Waals surface area (Å²) in [6, 6.07) is 11.3. The molecule has 126 valence electrons. The maximum absolute atomic E-state index is 12.3. The number of nitrogens with one attached hydrogen (secondary N) is 1. The number of hydrogen-bond acceptors (Lipinski definition) is 5. The number of aromatic hydroxyl groups is 1. The fraction of sp³-hybridized carbons (Fsp3) is 0.0588. The zero-order chi connectivity index (χ0) is 17.8. The Labute approximate surface area is 151 Å².